The second-order valence-corrected chi connectivity index (χ2v) is 8.64. The van der Waals surface area contributed by atoms with Gasteiger partial charge < -0.3 is 19.6 Å². The number of carbonyl (C=O) groups excluding carboxylic acids is 1. The normalized spacial score (nSPS) is 11.5. The van der Waals surface area contributed by atoms with E-state index < -0.39 is 5.91 Å². The molecule has 0 fully saturated rings. The van der Waals surface area contributed by atoms with Crippen molar-refractivity contribution < 1.29 is 19.4 Å². The van der Waals surface area contributed by atoms with E-state index in [2.05, 4.69) is 20.2 Å². The zero-order valence-corrected chi connectivity index (χ0v) is 19.2. The molecule has 9 heteroatoms. The first-order valence-corrected chi connectivity index (χ1v) is 11.3. The highest BCUT2D eigenvalue weighted by Crippen LogP contribution is 2.37. The van der Waals surface area contributed by atoms with Crippen LogP contribution in [0.5, 0.6) is 17.4 Å². The van der Waals surface area contributed by atoms with Crippen molar-refractivity contribution in [2.75, 3.05) is 13.7 Å². The van der Waals surface area contributed by atoms with Gasteiger partial charge in [0.15, 0.2) is 23.8 Å². The maximum Gasteiger partial charge on any atom is 0.302 e. The summed E-state index contributed by atoms with van der Waals surface area (Å²) in [6.07, 6.45) is 0. The van der Waals surface area contributed by atoms with E-state index in [-0.39, 0.29) is 18.2 Å². The van der Waals surface area contributed by atoms with E-state index in [4.69, 9.17) is 9.47 Å². The number of para-hydroxylation sites is 1. The van der Waals surface area contributed by atoms with Gasteiger partial charge in [0.1, 0.15) is 5.01 Å². The van der Waals surface area contributed by atoms with E-state index in [0.29, 0.717) is 22.4 Å². The number of hydrogen-bond acceptors (Lipinski definition) is 7. The van der Waals surface area contributed by atoms with Gasteiger partial charge in [-0.3, -0.25) is 4.79 Å². The molecule has 170 valence electrons. The number of aromatic nitrogens is 2. The number of thiazole rings is 1. The molecule has 5 aromatic rings. The van der Waals surface area contributed by atoms with Crippen LogP contribution >= 0.6 is 11.3 Å². The number of ether oxygens (including phenoxy) is 2. The van der Waals surface area contributed by atoms with Gasteiger partial charge in [0, 0.05) is 10.9 Å². The van der Waals surface area contributed by atoms with Gasteiger partial charge in [0.25, 0.3) is 0 Å². The molecule has 2 aromatic heterocycles. The van der Waals surface area contributed by atoms with Crippen molar-refractivity contribution in [3.63, 3.8) is 0 Å². The van der Waals surface area contributed by atoms with Gasteiger partial charge in [-0.1, -0.05) is 23.8 Å². The van der Waals surface area contributed by atoms with Crippen molar-refractivity contribution in [1.82, 2.24) is 9.97 Å². The lowest BCUT2D eigenvalue weighted by atomic mass is 10.2. The summed E-state index contributed by atoms with van der Waals surface area (Å²) in [6.45, 7) is 1.59. The van der Waals surface area contributed by atoms with E-state index >= 15 is 0 Å². The Bertz CT molecular complexity index is 1520. The minimum Gasteiger partial charge on any atom is -0.493 e. The third-order valence-corrected chi connectivity index (χ3v) is 6.31. The third kappa shape index (κ3) is 4.20. The van der Waals surface area contributed by atoms with E-state index in [1.54, 1.807) is 23.5 Å². The summed E-state index contributed by atoms with van der Waals surface area (Å²) < 4.78 is 12.2. The maximum absolute atomic E-state index is 12.4. The van der Waals surface area contributed by atoms with Crippen LogP contribution in [0.2, 0.25) is 0 Å². The van der Waals surface area contributed by atoms with Crippen LogP contribution in [0.25, 0.3) is 31.7 Å². The average molecular weight is 473 g/mol. The number of H-pyrrole nitrogens is 1. The van der Waals surface area contributed by atoms with Crippen molar-refractivity contribution in [3.05, 3.63) is 66.2 Å². The molecular formula is C25H20N4O4S. The summed E-state index contributed by atoms with van der Waals surface area (Å²) in [5, 5.41) is 19.3. The Labute approximate surface area is 198 Å². The smallest absolute Gasteiger partial charge is 0.302 e. The van der Waals surface area contributed by atoms with Crippen molar-refractivity contribution in [2.24, 2.45) is 10.2 Å². The van der Waals surface area contributed by atoms with Crippen LogP contribution in [0.3, 0.4) is 0 Å². The molecule has 2 N–H and O–H groups in total. The lowest BCUT2D eigenvalue weighted by Crippen LogP contribution is -2.08. The van der Waals surface area contributed by atoms with E-state index in [1.165, 1.54) is 7.11 Å². The zero-order chi connectivity index (χ0) is 23.7. The number of aromatic amines is 1. The molecule has 0 atom stereocenters. The van der Waals surface area contributed by atoms with Crippen molar-refractivity contribution in [3.8, 4) is 28.0 Å². The molecule has 0 aliphatic heterocycles. The quantitative estimate of drug-likeness (QED) is 0.288. The molecule has 0 unspecified atom stereocenters. The van der Waals surface area contributed by atoms with Gasteiger partial charge >= 0.3 is 5.91 Å². The number of nitrogens with one attached hydrogen (secondary N) is 1. The van der Waals surface area contributed by atoms with Crippen molar-refractivity contribution >= 4 is 44.1 Å². The number of azo groups is 1. The van der Waals surface area contributed by atoms with Crippen LogP contribution in [-0.4, -0.2) is 34.7 Å². The number of benzene rings is 3. The Morgan fingerprint density at radius 1 is 1.12 bits per heavy atom. The fourth-order valence-electron chi connectivity index (χ4n) is 3.57. The van der Waals surface area contributed by atoms with E-state index in [0.717, 1.165) is 26.4 Å². The number of aromatic hydroxyl groups is 1. The Morgan fingerprint density at radius 2 is 1.97 bits per heavy atom. The minimum absolute atomic E-state index is 0.150. The molecule has 0 aliphatic carbocycles. The van der Waals surface area contributed by atoms with Gasteiger partial charge in [-0.25, -0.2) is 4.98 Å². The summed E-state index contributed by atoms with van der Waals surface area (Å²) >= 11 is 1.57. The van der Waals surface area contributed by atoms with Crippen LogP contribution in [0, 0.1) is 6.92 Å². The second-order valence-electron chi connectivity index (χ2n) is 7.61. The van der Waals surface area contributed by atoms with Crippen LogP contribution in [0.4, 0.5) is 5.69 Å². The summed E-state index contributed by atoms with van der Waals surface area (Å²) in [6, 6.07) is 19.0. The number of hydrogen-bond donors (Lipinski definition) is 2. The topological polar surface area (TPSA) is 109 Å². The highest BCUT2D eigenvalue weighted by Gasteiger charge is 2.14. The minimum atomic E-state index is -0.603. The van der Waals surface area contributed by atoms with Gasteiger partial charge in [-0.15, -0.1) is 21.6 Å². The van der Waals surface area contributed by atoms with Gasteiger partial charge in [-0.2, -0.15) is 0 Å². The lowest BCUT2D eigenvalue weighted by Gasteiger charge is -2.10. The molecule has 34 heavy (non-hydrogen) atoms. The molecule has 0 aliphatic rings. The summed E-state index contributed by atoms with van der Waals surface area (Å²) in [5.74, 6) is 0.129. The fourth-order valence-corrected chi connectivity index (χ4v) is 4.53. The van der Waals surface area contributed by atoms with Gasteiger partial charge in [-0.05, 0) is 49.4 Å². The van der Waals surface area contributed by atoms with Gasteiger partial charge in [0.05, 0.1) is 22.8 Å². The predicted molar refractivity (Wildman–Crippen MR) is 131 cm³/mol. The molecule has 1 amide bonds. The standard InChI is InChI=1S/C25H20N4O4S/c1-14-7-9-17-16(11-14)23(24(31)26-17)29-28-22(30)13-33-20-12-15(8-10-19(20)32-2)25-27-18-5-3-4-6-21(18)34-25/h3-12,26,31H,13H2,1-2H3. The summed E-state index contributed by atoms with van der Waals surface area (Å²) in [5.41, 5.74) is 3.69. The molecule has 0 radical (unpaired) electrons. The van der Waals surface area contributed by atoms with E-state index in [1.807, 2.05) is 55.5 Å². The molecule has 5 rings (SSSR count). The van der Waals surface area contributed by atoms with Crippen molar-refractivity contribution in [2.45, 2.75) is 6.92 Å². The third-order valence-electron chi connectivity index (χ3n) is 5.22. The number of rotatable bonds is 6. The molecule has 0 spiro atoms. The molecule has 0 bridgehead atoms. The van der Waals surface area contributed by atoms with Crippen LogP contribution < -0.4 is 9.47 Å². The number of amides is 1. The first-order valence-electron chi connectivity index (χ1n) is 10.4. The van der Waals surface area contributed by atoms with Crippen LogP contribution in [-0.2, 0) is 4.79 Å². The first-order chi connectivity index (χ1) is 16.5. The second kappa shape index (κ2) is 8.95. The molecule has 0 saturated carbocycles. The van der Waals surface area contributed by atoms with Gasteiger partial charge in [0.2, 0.25) is 5.88 Å². The lowest BCUT2D eigenvalue weighted by molar-refractivity contribution is -0.120. The summed E-state index contributed by atoms with van der Waals surface area (Å²) in [4.78, 5) is 19.9. The number of nitrogens with zero attached hydrogens (tertiary/aromatic N) is 3. The molecule has 3 aromatic carbocycles. The Hall–Kier alpha value is -4.24. The highest BCUT2D eigenvalue weighted by atomic mass is 32.1. The summed E-state index contributed by atoms with van der Waals surface area (Å²) in [7, 11) is 1.53. The molecule has 2 heterocycles. The Kier molecular flexibility index (Phi) is 5.69. The molecule has 8 nitrogen and oxygen atoms in total. The first kappa shape index (κ1) is 21.6. The monoisotopic (exact) mass is 472 g/mol. The largest absolute Gasteiger partial charge is 0.493 e. The molecular weight excluding hydrogens is 452 g/mol. The van der Waals surface area contributed by atoms with Crippen molar-refractivity contribution in [1.29, 1.82) is 0 Å². The number of aryl methyl sites for hydroxylation is 1. The number of methoxy groups -OCH3 is 1. The predicted octanol–water partition coefficient (Wildman–Crippen LogP) is 6.16. The van der Waals surface area contributed by atoms with Crippen LogP contribution in [0.15, 0.2) is 70.9 Å². The Morgan fingerprint density at radius 3 is 2.79 bits per heavy atom. The maximum atomic E-state index is 12.4. The van der Waals surface area contributed by atoms with E-state index in [9.17, 15) is 9.90 Å². The average Bonchev–Trinajstić information content (AvgIpc) is 3.41. The number of carbonyl (C=O) groups is 1. The van der Waals surface area contributed by atoms with Crippen LogP contribution in [0.1, 0.15) is 5.56 Å². The Balaban J connectivity index is 1.34. The highest BCUT2D eigenvalue weighted by molar-refractivity contribution is 7.21. The SMILES string of the molecule is COc1ccc(-c2nc3ccccc3s2)cc1OCC(=O)N=Nc1c(O)[nH]c2ccc(C)cc12. The zero-order valence-electron chi connectivity index (χ0n) is 18.4. The number of fused-ring (bicyclic) bond motifs is 2. The fraction of sp³-hybridized carbons (Fsp3) is 0.120. The molecule has 0 saturated heterocycles.